The predicted octanol–water partition coefficient (Wildman–Crippen LogP) is 9.61. The zero-order chi connectivity index (χ0) is 28.2. The van der Waals surface area contributed by atoms with Crippen molar-refractivity contribution in [3.05, 3.63) is 96.9 Å². The third-order valence-electron chi connectivity index (χ3n) is 8.12. The van der Waals surface area contributed by atoms with Gasteiger partial charge in [0.25, 0.3) is 0 Å². The molecule has 0 aliphatic rings. The molecule has 3 aromatic heterocycles. The number of pyridine rings is 2. The number of hydrogen-bond acceptors (Lipinski definition) is 3. The van der Waals surface area contributed by atoms with E-state index in [9.17, 15) is 9.90 Å². The largest absolute Gasteiger partial charge is 0.512 e. The Morgan fingerprint density at radius 1 is 0.829 bits per heavy atom. The molecule has 1 radical (unpaired) electrons. The number of para-hydroxylation sites is 1. The molecule has 0 amide bonds. The number of nitrogens with zero attached hydrogens (tertiary/aromatic N) is 2. The number of carbonyl (C=O) groups is 1. The average Bonchev–Trinajstić information content (AvgIpc) is 3.38. The Kier molecular flexibility index (Phi) is 9.96. The summed E-state index contributed by atoms with van der Waals surface area (Å²) in [5.74, 6) is 0.547. The van der Waals surface area contributed by atoms with Crippen LogP contribution in [0, 0.1) is 17.9 Å². The van der Waals surface area contributed by atoms with Crippen molar-refractivity contribution < 1.29 is 30.0 Å². The maximum absolute atomic E-state index is 11.7. The van der Waals surface area contributed by atoms with E-state index in [2.05, 4.69) is 77.2 Å². The Labute approximate surface area is 255 Å². The van der Waals surface area contributed by atoms with Crippen LogP contribution in [0.25, 0.3) is 49.0 Å². The van der Waals surface area contributed by atoms with Gasteiger partial charge in [0.05, 0.1) is 5.76 Å². The first-order chi connectivity index (χ1) is 19.5. The molecule has 3 heterocycles. The third kappa shape index (κ3) is 5.93. The molecule has 0 saturated heterocycles. The maximum Gasteiger partial charge on any atom is 0.162 e. The van der Waals surface area contributed by atoms with Crippen molar-refractivity contribution in [3.8, 4) is 0 Å². The van der Waals surface area contributed by atoms with Gasteiger partial charge in [0, 0.05) is 60.8 Å². The van der Waals surface area contributed by atoms with Gasteiger partial charge in [0.1, 0.15) is 0 Å². The summed E-state index contributed by atoms with van der Waals surface area (Å²) in [6, 6.07) is 29.2. The van der Waals surface area contributed by atoms with Crippen molar-refractivity contribution in [2.75, 3.05) is 0 Å². The van der Waals surface area contributed by atoms with Crippen LogP contribution in [0.2, 0.25) is 0 Å². The minimum Gasteiger partial charge on any atom is -0.512 e. The average molecular weight is 722 g/mol. The Bertz CT molecular complexity index is 1850. The van der Waals surface area contributed by atoms with Crippen LogP contribution in [0.15, 0.2) is 90.8 Å². The fourth-order valence-electron chi connectivity index (χ4n) is 5.71. The Hall–Kier alpha value is -3.53. The molecule has 0 unspecified atom stereocenters. The summed E-state index contributed by atoms with van der Waals surface area (Å²) in [5, 5.41) is 15.6. The second-order valence-electron chi connectivity index (χ2n) is 10.4. The van der Waals surface area contributed by atoms with Crippen molar-refractivity contribution in [1.82, 2.24) is 9.38 Å². The van der Waals surface area contributed by atoms with Gasteiger partial charge in [0.15, 0.2) is 5.78 Å². The number of allylic oxidation sites excluding steroid dienone is 2. The van der Waals surface area contributed by atoms with Crippen molar-refractivity contribution >= 4 is 54.8 Å². The SMILES string of the molecule is CCC(CC)C(=O)/C=C(\O)C(CC)CC.[Ir].[c-]1c2ccccc2cc2c1c1ncccc1c1cc3ccccc3n21. The Morgan fingerprint density at radius 2 is 1.46 bits per heavy atom. The third-order valence-corrected chi connectivity index (χ3v) is 8.12. The predicted molar refractivity (Wildman–Crippen MR) is 168 cm³/mol. The van der Waals surface area contributed by atoms with Gasteiger partial charge >= 0.3 is 0 Å². The van der Waals surface area contributed by atoms with Crippen LogP contribution in [0.1, 0.15) is 53.4 Å². The summed E-state index contributed by atoms with van der Waals surface area (Å²) in [7, 11) is 0. The summed E-state index contributed by atoms with van der Waals surface area (Å²) in [6.45, 7) is 8.07. The molecule has 0 spiro atoms. The van der Waals surface area contributed by atoms with Gasteiger partial charge < -0.3 is 9.51 Å². The molecule has 6 aromatic rings. The number of benzene rings is 3. The molecule has 213 valence electrons. The number of carbonyl (C=O) groups excluding carboxylic acids is 1. The monoisotopic (exact) mass is 722 g/mol. The van der Waals surface area contributed by atoms with Crippen LogP contribution in [0.5, 0.6) is 0 Å². The molecule has 4 nitrogen and oxygen atoms in total. The first-order valence-electron chi connectivity index (χ1n) is 14.5. The van der Waals surface area contributed by atoms with Crippen LogP contribution in [-0.4, -0.2) is 20.3 Å². The number of aliphatic hydroxyl groups excluding tert-OH is 1. The Balaban J connectivity index is 0.000000212. The molecule has 3 aromatic carbocycles. The number of aliphatic hydroxyl groups is 1. The quantitative estimate of drug-likeness (QED) is 0.0588. The minimum absolute atomic E-state index is 0. The van der Waals surface area contributed by atoms with Crippen molar-refractivity contribution in [2.24, 2.45) is 11.8 Å². The van der Waals surface area contributed by atoms with Crippen LogP contribution in [-0.2, 0) is 24.9 Å². The molecule has 0 fully saturated rings. The standard InChI is InChI=1S/C23H13N2.C13H24O2.Ir/c1-2-7-16-13-22-19(12-15(16)6-1)23-18(9-5-11-24-23)21-14-17-8-3-4-10-20(17)25(21)22;1-5-10(6-2)12(14)9-13(15)11(7-3)8-4;/h1-11,13-14H;9-11,14H,5-8H2,1-4H3;/q-1;;/b;12-9-;. The first kappa shape index (κ1) is 30.4. The van der Waals surface area contributed by atoms with E-state index in [0.29, 0.717) is 0 Å². The summed E-state index contributed by atoms with van der Waals surface area (Å²) in [5.41, 5.74) is 4.58. The zero-order valence-corrected chi connectivity index (χ0v) is 26.5. The van der Waals surface area contributed by atoms with Crippen LogP contribution in [0.3, 0.4) is 0 Å². The Morgan fingerprint density at radius 3 is 2.17 bits per heavy atom. The number of aromatic nitrogens is 2. The van der Waals surface area contributed by atoms with Gasteiger partial charge in [-0.25, -0.2) is 0 Å². The van der Waals surface area contributed by atoms with E-state index >= 15 is 0 Å². The number of ketones is 1. The molecule has 0 bridgehead atoms. The first-order valence-corrected chi connectivity index (χ1v) is 14.5. The minimum atomic E-state index is 0. The molecule has 0 aliphatic carbocycles. The summed E-state index contributed by atoms with van der Waals surface area (Å²) < 4.78 is 2.34. The molecule has 1 N–H and O–H groups in total. The molecular weight excluding hydrogens is 685 g/mol. The van der Waals surface area contributed by atoms with Gasteiger partial charge in [-0.05, 0) is 60.2 Å². The van der Waals surface area contributed by atoms with E-state index in [0.717, 1.165) is 52.9 Å². The summed E-state index contributed by atoms with van der Waals surface area (Å²) >= 11 is 0. The molecule has 41 heavy (non-hydrogen) atoms. The molecule has 6 rings (SSSR count). The van der Waals surface area contributed by atoms with Gasteiger partial charge in [0.2, 0.25) is 0 Å². The van der Waals surface area contributed by atoms with E-state index in [1.54, 1.807) is 0 Å². The number of fused-ring (bicyclic) bond motifs is 9. The molecule has 0 saturated carbocycles. The van der Waals surface area contributed by atoms with E-state index < -0.39 is 0 Å². The van der Waals surface area contributed by atoms with Crippen LogP contribution < -0.4 is 0 Å². The van der Waals surface area contributed by atoms with Gasteiger partial charge in [-0.15, -0.1) is 17.5 Å². The van der Waals surface area contributed by atoms with Gasteiger partial charge in [-0.3, -0.25) is 9.78 Å². The van der Waals surface area contributed by atoms with E-state index in [1.807, 2.05) is 40.0 Å². The fourth-order valence-corrected chi connectivity index (χ4v) is 5.71. The van der Waals surface area contributed by atoms with Crippen LogP contribution >= 0.6 is 0 Å². The van der Waals surface area contributed by atoms with Gasteiger partial charge in [-0.2, -0.15) is 0 Å². The fraction of sp³-hybridized carbons (Fsp3) is 0.278. The number of hydrogen-bond donors (Lipinski definition) is 1. The smallest absolute Gasteiger partial charge is 0.162 e. The van der Waals surface area contributed by atoms with Crippen molar-refractivity contribution in [3.63, 3.8) is 0 Å². The van der Waals surface area contributed by atoms with Crippen LogP contribution in [0.4, 0.5) is 0 Å². The normalized spacial score (nSPS) is 11.9. The van der Waals surface area contributed by atoms with E-state index in [-0.39, 0.29) is 43.5 Å². The zero-order valence-electron chi connectivity index (χ0n) is 24.1. The van der Waals surface area contributed by atoms with Gasteiger partial charge in [-0.1, -0.05) is 87.0 Å². The maximum atomic E-state index is 11.7. The van der Waals surface area contributed by atoms with E-state index in [1.165, 1.54) is 27.9 Å². The van der Waals surface area contributed by atoms with Crippen molar-refractivity contribution in [1.29, 1.82) is 0 Å². The second kappa shape index (κ2) is 13.4. The summed E-state index contributed by atoms with van der Waals surface area (Å²) in [6.07, 6.45) is 6.77. The van der Waals surface area contributed by atoms with E-state index in [4.69, 9.17) is 4.98 Å². The molecule has 0 atom stereocenters. The molecule has 0 aliphatic heterocycles. The van der Waals surface area contributed by atoms with Crippen molar-refractivity contribution in [2.45, 2.75) is 53.4 Å². The summed E-state index contributed by atoms with van der Waals surface area (Å²) in [4.78, 5) is 16.4. The molecule has 5 heteroatoms. The number of rotatable bonds is 7. The molecular formula is C36H37IrN2O2-. The topological polar surface area (TPSA) is 54.6 Å². The second-order valence-corrected chi connectivity index (χ2v) is 10.4.